The number of halogens is 1. The van der Waals surface area contributed by atoms with Crippen molar-refractivity contribution in [3.63, 3.8) is 0 Å². The van der Waals surface area contributed by atoms with Crippen LogP contribution in [-0.2, 0) is 11.2 Å². The molecule has 0 spiro atoms. The zero-order valence-electron chi connectivity index (χ0n) is 15.3. The standard InChI is InChI=1S/C19H18ClN5O2S2/c20-13-5-3-12(4-6-13)18(27)23-22-17(26)11-29-19-24-21-16(25(19)14-7-8-14)10-15-2-1-9-28-15/h1-6,9,14H,7-8,10-11H2,(H,22,26)(H,23,27). The van der Waals surface area contributed by atoms with Gasteiger partial charge in [-0.05, 0) is 48.6 Å². The number of hydrogen-bond acceptors (Lipinski definition) is 6. The molecule has 1 aliphatic carbocycles. The monoisotopic (exact) mass is 447 g/mol. The van der Waals surface area contributed by atoms with Crippen LogP contribution in [0, 0.1) is 0 Å². The highest BCUT2D eigenvalue weighted by Crippen LogP contribution is 2.39. The molecular formula is C19H18ClN5O2S2. The summed E-state index contributed by atoms with van der Waals surface area (Å²) in [6.45, 7) is 0. The number of thioether (sulfide) groups is 1. The molecular weight excluding hydrogens is 430 g/mol. The maximum absolute atomic E-state index is 12.1. The van der Waals surface area contributed by atoms with Crippen LogP contribution >= 0.6 is 34.7 Å². The number of benzene rings is 1. The maximum atomic E-state index is 12.1. The minimum absolute atomic E-state index is 0.130. The van der Waals surface area contributed by atoms with Crippen molar-refractivity contribution >= 4 is 46.5 Å². The zero-order chi connectivity index (χ0) is 20.2. The van der Waals surface area contributed by atoms with Gasteiger partial charge in [-0.3, -0.25) is 20.4 Å². The lowest BCUT2D eigenvalue weighted by Crippen LogP contribution is -2.42. The first-order chi connectivity index (χ1) is 14.1. The molecule has 0 radical (unpaired) electrons. The summed E-state index contributed by atoms with van der Waals surface area (Å²) in [5.74, 6) is 0.334. The number of nitrogens with one attached hydrogen (secondary N) is 2. The van der Waals surface area contributed by atoms with E-state index in [4.69, 9.17) is 11.6 Å². The Morgan fingerprint density at radius 3 is 2.66 bits per heavy atom. The summed E-state index contributed by atoms with van der Waals surface area (Å²) in [6.07, 6.45) is 2.95. The summed E-state index contributed by atoms with van der Waals surface area (Å²) in [5.41, 5.74) is 5.24. The van der Waals surface area contributed by atoms with Gasteiger partial charge >= 0.3 is 0 Å². The molecule has 10 heteroatoms. The minimum Gasteiger partial charge on any atom is -0.303 e. The number of nitrogens with zero attached hydrogens (tertiary/aromatic N) is 3. The number of rotatable bonds is 7. The maximum Gasteiger partial charge on any atom is 0.269 e. The molecule has 1 aliphatic rings. The molecule has 150 valence electrons. The van der Waals surface area contributed by atoms with E-state index < -0.39 is 5.91 Å². The number of amides is 2. The van der Waals surface area contributed by atoms with E-state index in [1.807, 2.05) is 11.4 Å². The van der Waals surface area contributed by atoms with Gasteiger partial charge in [0.25, 0.3) is 5.91 Å². The molecule has 7 nitrogen and oxygen atoms in total. The number of carbonyl (C=O) groups excluding carboxylic acids is 2. The van der Waals surface area contributed by atoms with Crippen molar-refractivity contribution in [3.8, 4) is 0 Å². The lowest BCUT2D eigenvalue weighted by atomic mass is 10.2. The van der Waals surface area contributed by atoms with Gasteiger partial charge in [-0.25, -0.2) is 0 Å². The Balaban J connectivity index is 1.31. The number of aromatic nitrogens is 3. The molecule has 2 amide bonds. The third kappa shape index (κ3) is 5.17. The molecule has 0 saturated heterocycles. The average molecular weight is 448 g/mol. The second kappa shape index (κ2) is 8.98. The summed E-state index contributed by atoms with van der Waals surface area (Å²) >= 11 is 8.82. The summed E-state index contributed by atoms with van der Waals surface area (Å²) in [6, 6.07) is 10.9. The fourth-order valence-corrected chi connectivity index (χ4v) is 4.41. The van der Waals surface area contributed by atoms with Crippen LogP contribution in [0.5, 0.6) is 0 Å². The third-order valence-electron chi connectivity index (χ3n) is 4.31. The van der Waals surface area contributed by atoms with Crippen LogP contribution < -0.4 is 10.9 Å². The lowest BCUT2D eigenvalue weighted by Gasteiger charge is -2.09. The second-order valence-corrected chi connectivity index (χ2v) is 8.97. The summed E-state index contributed by atoms with van der Waals surface area (Å²) in [5, 5.41) is 11.9. The molecule has 0 bridgehead atoms. The van der Waals surface area contributed by atoms with Crippen LogP contribution in [0.1, 0.15) is 39.9 Å². The van der Waals surface area contributed by atoms with Crippen LogP contribution in [0.15, 0.2) is 46.9 Å². The SMILES string of the molecule is O=C(CSc1nnc(Cc2cccs2)n1C1CC1)NNC(=O)c1ccc(Cl)cc1. The van der Waals surface area contributed by atoms with E-state index in [-0.39, 0.29) is 11.7 Å². The van der Waals surface area contributed by atoms with Crippen LogP contribution in [0.4, 0.5) is 0 Å². The summed E-state index contributed by atoms with van der Waals surface area (Å²) in [7, 11) is 0. The van der Waals surface area contributed by atoms with Gasteiger partial charge in [0.15, 0.2) is 5.16 Å². The highest BCUT2D eigenvalue weighted by atomic mass is 35.5. The van der Waals surface area contributed by atoms with E-state index in [0.29, 0.717) is 16.6 Å². The molecule has 1 aromatic carbocycles. The van der Waals surface area contributed by atoms with Gasteiger partial charge in [0.05, 0.1) is 5.75 Å². The first-order valence-electron chi connectivity index (χ1n) is 9.04. The molecule has 1 saturated carbocycles. The predicted molar refractivity (Wildman–Crippen MR) is 113 cm³/mol. The third-order valence-corrected chi connectivity index (χ3v) is 6.39. The first kappa shape index (κ1) is 19.9. The Labute approximate surface area is 180 Å². The zero-order valence-corrected chi connectivity index (χ0v) is 17.7. The van der Waals surface area contributed by atoms with Gasteiger partial charge in [-0.1, -0.05) is 29.4 Å². The van der Waals surface area contributed by atoms with Gasteiger partial charge in [0, 0.05) is 27.9 Å². The Morgan fingerprint density at radius 2 is 1.97 bits per heavy atom. The predicted octanol–water partition coefficient (Wildman–Crippen LogP) is 3.47. The van der Waals surface area contributed by atoms with E-state index in [1.54, 1.807) is 35.6 Å². The molecule has 2 aromatic heterocycles. The fourth-order valence-electron chi connectivity index (χ4n) is 2.76. The minimum atomic E-state index is -0.403. The van der Waals surface area contributed by atoms with Crippen LogP contribution in [0.25, 0.3) is 0 Å². The summed E-state index contributed by atoms with van der Waals surface area (Å²) in [4.78, 5) is 25.4. The van der Waals surface area contributed by atoms with Gasteiger partial charge < -0.3 is 4.57 Å². The molecule has 0 atom stereocenters. The van der Waals surface area contributed by atoms with E-state index >= 15 is 0 Å². The highest BCUT2D eigenvalue weighted by molar-refractivity contribution is 7.99. The molecule has 4 rings (SSSR count). The molecule has 0 unspecified atom stereocenters. The van der Waals surface area contributed by atoms with Gasteiger partial charge in [0.2, 0.25) is 5.91 Å². The van der Waals surface area contributed by atoms with Crippen molar-refractivity contribution < 1.29 is 9.59 Å². The van der Waals surface area contributed by atoms with E-state index in [9.17, 15) is 9.59 Å². The van der Waals surface area contributed by atoms with E-state index in [2.05, 4.69) is 31.7 Å². The number of hydrazine groups is 1. The second-order valence-electron chi connectivity index (χ2n) is 6.55. The topological polar surface area (TPSA) is 88.9 Å². The van der Waals surface area contributed by atoms with Crippen LogP contribution in [0.3, 0.4) is 0 Å². The average Bonchev–Trinajstić information content (AvgIpc) is 3.27. The van der Waals surface area contributed by atoms with E-state index in [0.717, 1.165) is 30.2 Å². The molecule has 0 aliphatic heterocycles. The van der Waals surface area contributed by atoms with Gasteiger partial charge in [0.1, 0.15) is 5.82 Å². The van der Waals surface area contributed by atoms with Crippen molar-refractivity contribution in [2.45, 2.75) is 30.5 Å². The van der Waals surface area contributed by atoms with Crippen molar-refractivity contribution in [3.05, 3.63) is 63.1 Å². The Morgan fingerprint density at radius 1 is 1.17 bits per heavy atom. The normalized spacial score (nSPS) is 13.3. The van der Waals surface area contributed by atoms with E-state index in [1.165, 1.54) is 16.6 Å². The van der Waals surface area contributed by atoms with Crippen LogP contribution in [0.2, 0.25) is 5.02 Å². The first-order valence-corrected chi connectivity index (χ1v) is 11.3. The lowest BCUT2D eigenvalue weighted by molar-refractivity contribution is -0.119. The van der Waals surface area contributed by atoms with Crippen molar-refractivity contribution in [1.29, 1.82) is 0 Å². The van der Waals surface area contributed by atoms with Crippen molar-refractivity contribution in [1.82, 2.24) is 25.6 Å². The van der Waals surface area contributed by atoms with Crippen molar-refractivity contribution in [2.75, 3.05) is 5.75 Å². The Kier molecular flexibility index (Phi) is 6.17. The Hall–Kier alpha value is -2.36. The number of carbonyl (C=O) groups is 2. The smallest absolute Gasteiger partial charge is 0.269 e. The molecule has 3 aromatic rings. The Bertz CT molecular complexity index is 1000. The quantitative estimate of drug-likeness (QED) is 0.427. The largest absolute Gasteiger partial charge is 0.303 e. The van der Waals surface area contributed by atoms with Gasteiger partial charge in [-0.2, -0.15) is 0 Å². The number of thiophene rings is 1. The fraction of sp³-hybridized carbons (Fsp3) is 0.263. The number of hydrogen-bond donors (Lipinski definition) is 2. The molecule has 29 heavy (non-hydrogen) atoms. The summed E-state index contributed by atoms with van der Waals surface area (Å²) < 4.78 is 2.14. The van der Waals surface area contributed by atoms with Crippen molar-refractivity contribution in [2.24, 2.45) is 0 Å². The van der Waals surface area contributed by atoms with Crippen LogP contribution in [-0.4, -0.2) is 32.3 Å². The molecule has 2 heterocycles. The highest BCUT2D eigenvalue weighted by Gasteiger charge is 2.30. The molecule has 1 fully saturated rings. The molecule has 2 N–H and O–H groups in total. The van der Waals surface area contributed by atoms with Gasteiger partial charge in [-0.15, -0.1) is 21.5 Å².